The van der Waals surface area contributed by atoms with Crippen molar-refractivity contribution in [2.24, 2.45) is 5.92 Å². The first kappa shape index (κ1) is 9.64. The fourth-order valence-electron chi connectivity index (χ4n) is 2.15. The van der Waals surface area contributed by atoms with Crippen LogP contribution in [0.5, 0.6) is 0 Å². The van der Waals surface area contributed by atoms with Gasteiger partial charge in [-0.1, -0.05) is 0 Å². The highest BCUT2D eigenvalue weighted by molar-refractivity contribution is 5.60. The Kier molecular flexibility index (Phi) is 2.28. The fourth-order valence-corrected chi connectivity index (χ4v) is 2.15. The van der Waals surface area contributed by atoms with Crippen LogP contribution in [0.2, 0.25) is 0 Å². The van der Waals surface area contributed by atoms with Gasteiger partial charge in [0.25, 0.3) is 0 Å². The standard InChI is InChI=1S/C14H16N2/c1-11-2-5-14(13-6-8-15-9-7-13)16(11)10-12-3-4-12/h2,5-9,12H,3-4,10H2,1H3. The van der Waals surface area contributed by atoms with Crippen molar-refractivity contribution < 1.29 is 0 Å². The summed E-state index contributed by atoms with van der Waals surface area (Å²) in [6.45, 7) is 3.36. The van der Waals surface area contributed by atoms with Crippen LogP contribution in [-0.4, -0.2) is 9.55 Å². The first-order chi connectivity index (χ1) is 7.84. The van der Waals surface area contributed by atoms with E-state index in [2.05, 4.69) is 40.7 Å². The second kappa shape index (κ2) is 3.78. The first-order valence-corrected chi connectivity index (χ1v) is 5.91. The zero-order chi connectivity index (χ0) is 11.0. The molecule has 2 heterocycles. The molecule has 2 aromatic rings. The molecular weight excluding hydrogens is 196 g/mol. The largest absolute Gasteiger partial charge is 0.345 e. The summed E-state index contributed by atoms with van der Waals surface area (Å²) in [4.78, 5) is 4.07. The smallest absolute Gasteiger partial charge is 0.0483 e. The van der Waals surface area contributed by atoms with E-state index in [4.69, 9.17) is 0 Å². The molecule has 1 fully saturated rings. The van der Waals surface area contributed by atoms with Crippen molar-refractivity contribution in [2.45, 2.75) is 26.3 Å². The maximum atomic E-state index is 4.07. The Morgan fingerprint density at radius 2 is 1.94 bits per heavy atom. The van der Waals surface area contributed by atoms with Crippen LogP contribution in [0.1, 0.15) is 18.5 Å². The average molecular weight is 212 g/mol. The quantitative estimate of drug-likeness (QED) is 0.763. The second-order valence-electron chi connectivity index (χ2n) is 4.65. The zero-order valence-electron chi connectivity index (χ0n) is 9.56. The summed E-state index contributed by atoms with van der Waals surface area (Å²) in [6.07, 6.45) is 6.51. The number of hydrogen-bond acceptors (Lipinski definition) is 1. The van der Waals surface area contributed by atoms with Crippen molar-refractivity contribution in [3.05, 3.63) is 42.4 Å². The van der Waals surface area contributed by atoms with Crippen LogP contribution in [0.15, 0.2) is 36.7 Å². The Bertz CT molecular complexity index is 481. The molecule has 0 spiro atoms. The molecule has 0 atom stereocenters. The number of hydrogen-bond donors (Lipinski definition) is 0. The van der Waals surface area contributed by atoms with Gasteiger partial charge < -0.3 is 4.57 Å². The molecule has 2 heteroatoms. The lowest BCUT2D eigenvalue weighted by Gasteiger charge is -2.10. The van der Waals surface area contributed by atoms with Gasteiger partial charge in [-0.2, -0.15) is 0 Å². The maximum absolute atomic E-state index is 4.07. The lowest BCUT2D eigenvalue weighted by Crippen LogP contribution is -2.03. The fraction of sp³-hybridized carbons (Fsp3) is 0.357. The number of rotatable bonds is 3. The van der Waals surface area contributed by atoms with Gasteiger partial charge in [0.1, 0.15) is 0 Å². The molecule has 2 aromatic heterocycles. The van der Waals surface area contributed by atoms with Gasteiger partial charge in [0.15, 0.2) is 0 Å². The lowest BCUT2D eigenvalue weighted by molar-refractivity contribution is 0.622. The van der Waals surface area contributed by atoms with Crippen LogP contribution in [0.4, 0.5) is 0 Å². The van der Waals surface area contributed by atoms with Crippen LogP contribution < -0.4 is 0 Å². The summed E-state index contributed by atoms with van der Waals surface area (Å²) in [5, 5.41) is 0. The minimum atomic E-state index is 0.909. The molecule has 2 nitrogen and oxygen atoms in total. The Morgan fingerprint density at radius 3 is 2.62 bits per heavy atom. The summed E-state index contributed by atoms with van der Waals surface area (Å²) in [7, 11) is 0. The van der Waals surface area contributed by atoms with Gasteiger partial charge in [-0.3, -0.25) is 4.98 Å². The third-order valence-electron chi connectivity index (χ3n) is 3.31. The minimum absolute atomic E-state index is 0.909. The van der Waals surface area contributed by atoms with Gasteiger partial charge in [-0.25, -0.2) is 0 Å². The maximum Gasteiger partial charge on any atom is 0.0483 e. The molecule has 0 bridgehead atoms. The van der Waals surface area contributed by atoms with Crippen LogP contribution in [0, 0.1) is 12.8 Å². The highest BCUT2D eigenvalue weighted by Crippen LogP contribution is 2.33. The van der Waals surface area contributed by atoms with E-state index in [0.717, 1.165) is 5.92 Å². The molecule has 0 radical (unpaired) electrons. The van der Waals surface area contributed by atoms with Gasteiger partial charge in [-0.05, 0) is 49.9 Å². The molecule has 0 aliphatic heterocycles. The molecule has 0 unspecified atom stereocenters. The molecule has 0 amide bonds. The molecule has 1 aliphatic carbocycles. The predicted octanol–water partition coefficient (Wildman–Crippen LogP) is 3.27. The van der Waals surface area contributed by atoms with Crippen molar-refractivity contribution >= 4 is 0 Å². The Labute approximate surface area is 95.9 Å². The van der Waals surface area contributed by atoms with Gasteiger partial charge >= 0.3 is 0 Å². The third-order valence-corrected chi connectivity index (χ3v) is 3.31. The van der Waals surface area contributed by atoms with Crippen molar-refractivity contribution in [3.63, 3.8) is 0 Å². The monoisotopic (exact) mass is 212 g/mol. The summed E-state index contributed by atoms with van der Waals surface area (Å²) in [5.74, 6) is 0.909. The Morgan fingerprint density at radius 1 is 1.19 bits per heavy atom. The van der Waals surface area contributed by atoms with Crippen LogP contribution in [-0.2, 0) is 6.54 Å². The van der Waals surface area contributed by atoms with Gasteiger partial charge in [0.05, 0.1) is 0 Å². The van der Waals surface area contributed by atoms with Crippen LogP contribution in [0.3, 0.4) is 0 Å². The summed E-state index contributed by atoms with van der Waals surface area (Å²) < 4.78 is 2.44. The number of aromatic nitrogens is 2. The van der Waals surface area contributed by atoms with Crippen molar-refractivity contribution in [2.75, 3.05) is 0 Å². The number of pyridine rings is 1. The van der Waals surface area contributed by atoms with E-state index in [1.807, 2.05) is 12.4 Å². The molecule has 82 valence electrons. The Balaban J connectivity index is 2.00. The van der Waals surface area contributed by atoms with Crippen LogP contribution in [0.25, 0.3) is 11.3 Å². The van der Waals surface area contributed by atoms with E-state index in [0.29, 0.717) is 0 Å². The minimum Gasteiger partial charge on any atom is -0.345 e. The first-order valence-electron chi connectivity index (χ1n) is 5.91. The normalized spacial score (nSPS) is 15.3. The van der Waals surface area contributed by atoms with E-state index in [1.54, 1.807) is 0 Å². The topological polar surface area (TPSA) is 17.8 Å². The van der Waals surface area contributed by atoms with Gasteiger partial charge in [0.2, 0.25) is 0 Å². The summed E-state index contributed by atoms with van der Waals surface area (Å²) in [6, 6.07) is 8.58. The van der Waals surface area contributed by atoms with Crippen molar-refractivity contribution in [1.82, 2.24) is 9.55 Å². The van der Waals surface area contributed by atoms with E-state index in [1.165, 1.54) is 36.3 Å². The van der Waals surface area contributed by atoms with E-state index >= 15 is 0 Å². The second-order valence-corrected chi connectivity index (χ2v) is 4.65. The summed E-state index contributed by atoms with van der Waals surface area (Å²) >= 11 is 0. The third kappa shape index (κ3) is 1.75. The SMILES string of the molecule is Cc1ccc(-c2ccncc2)n1CC1CC1. The predicted molar refractivity (Wildman–Crippen MR) is 65.1 cm³/mol. The molecule has 1 saturated carbocycles. The van der Waals surface area contributed by atoms with E-state index < -0.39 is 0 Å². The highest BCUT2D eigenvalue weighted by atomic mass is 15.0. The highest BCUT2D eigenvalue weighted by Gasteiger charge is 2.23. The number of aryl methyl sites for hydroxylation is 1. The molecule has 3 rings (SSSR count). The van der Waals surface area contributed by atoms with E-state index in [-0.39, 0.29) is 0 Å². The average Bonchev–Trinajstić information content (AvgIpc) is 3.06. The van der Waals surface area contributed by atoms with Crippen LogP contribution >= 0.6 is 0 Å². The summed E-state index contributed by atoms with van der Waals surface area (Å²) in [5.41, 5.74) is 3.95. The molecule has 0 aromatic carbocycles. The Hall–Kier alpha value is -1.57. The molecule has 0 N–H and O–H groups in total. The molecular formula is C14H16N2. The lowest BCUT2D eigenvalue weighted by atomic mass is 10.2. The van der Waals surface area contributed by atoms with Crippen molar-refractivity contribution in [3.8, 4) is 11.3 Å². The molecule has 1 aliphatic rings. The van der Waals surface area contributed by atoms with Gasteiger partial charge in [-0.15, -0.1) is 0 Å². The molecule has 16 heavy (non-hydrogen) atoms. The van der Waals surface area contributed by atoms with E-state index in [9.17, 15) is 0 Å². The van der Waals surface area contributed by atoms with Crippen molar-refractivity contribution in [1.29, 1.82) is 0 Å². The number of nitrogens with zero attached hydrogens (tertiary/aromatic N) is 2. The van der Waals surface area contributed by atoms with Gasteiger partial charge in [0, 0.05) is 35.9 Å². The molecule has 0 saturated heterocycles. The zero-order valence-corrected chi connectivity index (χ0v) is 9.56.